The van der Waals surface area contributed by atoms with Crippen LogP contribution in [0.3, 0.4) is 0 Å². The molecule has 2 aromatic rings. The second-order valence-corrected chi connectivity index (χ2v) is 3.33. The Hall–Kier alpha value is -1.42. The largest absolute Gasteiger partial charge is 0.326 e. The molecule has 0 spiro atoms. The van der Waals surface area contributed by atoms with Crippen molar-refractivity contribution in [3.63, 3.8) is 0 Å². The van der Waals surface area contributed by atoms with Crippen molar-refractivity contribution in [2.75, 3.05) is 0 Å². The first-order valence-corrected chi connectivity index (χ1v) is 4.85. The summed E-state index contributed by atoms with van der Waals surface area (Å²) in [7, 11) is 0. The van der Waals surface area contributed by atoms with Crippen molar-refractivity contribution in [1.29, 1.82) is 0 Å². The number of nitrogens with zero attached hydrogens (tertiary/aromatic N) is 3. The molecule has 74 valence electrons. The number of rotatable bonds is 3. The zero-order chi connectivity index (χ0) is 9.97. The standard InChI is InChI=1S/C10H14N4/c1-2-3-14-10-9(7-13-14)4-8(5-11)6-12-10/h4,6-7H,2-3,5,11H2,1H3. The molecule has 2 aromatic heterocycles. The Kier molecular flexibility index (Phi) is 2.45. The predicted octanol–water partition coefficient (Wildman–Crippen LogP) is 1.30. The van der Waals surface area contributed by atoms with Crippen molar-refractivity contribution in [2.45, 2.75) is 26.4 Å². The van der Waals surface area contributed by atoms with E-state index in [-0.39, 0.29) is 0 Å². The van der Waals surface area contributed by atoms with Gasteiger partial charge in [0.1, 0.15) is 0 Å². The molecule has 0 aliphatic carbocycles. The third-order valence-corrected chi connectivity index (χ3v) is 2.20. The topological polar surface area (TPSA) is 56.7 Å². The van der Waals surface area contributed by atoms with E-state index in [1.807, 2.05) is 23.1 Å². The first-order chi connectivity index (χ1) is 6.85. The molecule has 0 aliphatic rings. The van der Waals surface area contributed by atoms with Crippen molar-refractivity contribution >= 4 is 11.0 Å². The molecule has 0 amide bonds. The minimum absolute atomic E-state index is 0.530. The van der Waals surface area contributed by atoms with Crippen LogP contribution in [-0.4, -0.2) is 14.8 Å². The van der Waals surface area contributed by atoms with E-state index in [0.29, 0.717) is 6.54 Å². The van der Waals surface area contributed by atoms with E-state index >= 15 is 0 Å². The predicted molar refractivity (Wildman–Crippen MR) is 55.7 cm³/mol. The van der Waals surface area contributed by atoms with Gasteiger partial charge in [-0.1, -0.05) is 6.92 Å². The summed E-state index contributed by atoms with van der Waals surface area (Å²) in [6.45, 7) is 3.57. The Morgan fingerprint density at radius 1 is 1.43 bits per heavy atom. The molecule has 0 bridgehead atoms. The number of hydrogen-bond donors (Lipinski definition) is 1. The number of fused-ring (bicyclic) bond motifs is 1. The molecule has 2 N–H and O–H groups in total. The van der Waals surface area contributed by atoms with Crippen molar-refractivity contribution in [3.8, 4) is 0 Å². The van der Waals surface area contributed by atoms with Crippen molar-refractivity contribution in [1.82, 2.24) is 14.8 Å². The van der Waals surface area contributed by atoms with Gasteiger partial charge in [0, 0.05) is 24.7 Å². The average Bonchev–Trinajstić information content (AvgIpc) is 2.61. The lowest BCUT2D eigenvalue weighted by atomic mass is 10.2. The van der Waals surface area contributed by atoms with Crippen LogP contribution >= 0.6 is 0 Å². The molecule has 0 saturated heterocycles. The van der Waals surface area contributed by atoms with Crippen LogP contribution in [0.4, 0.5) is 0 Å². The highest BCUT2D eigenvalue weighted by Gasteiger charge is 2.03. The van der Waals surface area contributed by atoms with Crippen LogP contribution in [0.15, 0.2) is 18.5 Å². The second-order valence-electron chi connectivity index (χ2n) is 3.33. The van der Waals surface area contributed by atoms with Gasteiger partial charge in [-0.15, -0.1) is 0 Å². The van der Waals surface area contributed by atoms with Gasteiger partial charge in [0.25, 0.3) is 0 Å². The molecule has 0 radical (unpaired) electrons. The zero-order valence-corrected chi connectivity index (χ0v) is 8.27. The summed E-state index contributed by atoms with van der Waals surface area (Å²) in [5, 5.41) is 5.34. The van der Waals surface area contributed by atoms with Crippen molar-refractivity contribution in [3.05, 3.63) is 24.0 Å². The summed E-state index contributed by atoms with van der Waals surface area (Å²) in [6.07, 6.45) is 4.73. The SMILES string of the molecule is CCCn1ncc2cc(CN)cnc21. The third kappa shape index (κ3) is 1.48. The fourth-order valence-corrected chi connectivity index (χ4v) is 1.50. The van der Waals surface area contributed by atoms with Crippen LogP contribution in [0.25, 0.3) is 11.0 Å². The number of aromatic nitrogens is 3. The molecule has 4 nitrogen and oxygen atoms in total. The molecule has 0 unspecified atom stereocenters. The maximum absolute atomic E-state index is 5.54. The lowest BCUT2D eigenvalue weighted by Crippen LogP contribution is -2.01. The summed E-state index contributed by atoms with van der Waals surface area (Å²) in [5.74, 6) is 0. The van der Waals surface area contributed by atoms with E-state index in [2.05, 4.69) is 17.0 Å². The third-order valence-electron chi connectivity index (χ3n) is 2.20. The normalized spacial score (nSPS) is 11.0. The molecular formula is C10H14N4. The molecule has 0 aliphatic heterocycles. The van der Waals surface area contributed by atoms with Gasteiger partial charge in [-0.3, -0.25) is 0 Å². The Labute approximate surface area is 82.7 Å². The summed E-state index contributed by atoms with van der Waals surface area (Å²) in [4.78, 5) is 4.35. The summed E-state index contributed by atoms with van der Waals surface area (Å²) in [5.41, 5.74) is 7.54. The highest BCUT2D eigenvalue weighted by molar-refractivity contribution is 5.74. The van der Waals surface area contributed by atoms with E-state index < -0.39 is 0 Å². The Morgan fingerprint density at radius 2 is 2.29 bits per heavy atom. The van der Waals surface area contributed by atoms with Gasteiger partial charge in [-0.2, -0.15) is 5.10 Å². The Morgan fingerprint density at radius 3 is 3.00 bits per heavy atom. The molecule has 0 saturated carbocycles. The zero-order valence-electron chi connectivity index (χ0n) is 8.27. The number of hydrogen-bond acceptors (Lipinski definition) is 3. The Balaban J connectivity index is 2.48. The highest BCUT2D eigenvalue weighted by Crippen LogP contribution is 2.12. The summed E-state index contributed by atoms with van der Waals surface area (Å²) < 4.78 is 1.93. The molecule has 14 heavy (non-hydrogen) atoms. The molecule has 0 fully saturated rings. The van der Waals surface area contributed by atoms with Crippen LogP contribution in [0.2, 0.25) is 0 Å². The van der Waals surface area contributed by atoms with Crippen molar-refractivity contribution < 1.29 is 0 Å². The van der Waals surface area contributed by atoms with E-state index in [9.17, 15) is 0 Å². The van der Waals surface area contributed by atoms with E-state index in [1.165, 1.54) is 0 Å². The maximum Gasteiger partial charge on any atom is 0.157 e. The van der Waals surface area contributed by atoms with E-state index in [0.717, 1.165) is 29.6 Å². The summed E-state index contributed by atoms with van der Waals surface area (Å²) in [6, 6.07) is 2.04. The maximum atomic E-state index is 5.54. The highest BCUT2D eigenvalue weighted by atomic mass is 15.3. The van der Waals surface area contributed by atoms with Gasteiger partial charge in [-0.05, 0) is 18.1 Å². The Bertz CT molecular complexity index is 433. The van der Waals surface area contributed by atoms with Gasteiger partial charge in [0.15, 0.2) is 5.65 Å². The number of pyridine rings is 1. The quantitative estimate of drug-likeness (QED) is 0.793. The van der Waals surface area contributed by atoms with Gasteiger partial charge in [0.2, 0.25) is 0 Å². The van der Waals surface area contributed by atoms with E-state index in [4.69, 9.17) is 5.73 Å². The van der Waals surface area contributed by atoms with Gasteiger partial charge in [0.05, 0.1) is 6.20 Å². The second kappa shape index (κ2) is 3.75. The fraction of sp³-hybridized carbons (Fsp3) is 0.400. The molecule has 0 aromatic carbocycles. The smallest absolute Gasteiger partial charge is 0.157 e. The average molecular weight is 190 g/mol. The van der Waals surface area contributed by atoms with Crippen LogP contribution in [0.5, 0.6) is 0 Å². The van der Waals surface area contributed by atoms with Gasteiger partial charge < -0.3 is 5.73 Å². The molecule has 2 heterocycles. The fourth-order valence-electron chi connectivity index (χ4n) is 1.50. The lowest BCUT2D eigenvalue weighted by Gasteiger charge is -2.00. The summed E-state index contributed by atoms with van der Waals surface area (Å²) >= 11 is 0. The molecule has 2 rings (SSSR count). The van der Waals surface area contributed by atoms with Gasteiger partial charge >= 0.3 is 0 Å². The van der Waals surface area contributed by atoms with Gasteiger partial charge in [-0.25, -0.2) is 9.67 Å². The van der Waals surface area contributed by atoms with E-state index in [1.54, 1.807) is 0 Å². The van der Waals surface area contributed by atoms with Crippen LogP contribution in [0.1, 0.15) is 18.9 Å². The monoisotopic (exact) mass is 190 g/mol. The van der Waals surface area contributed by atoms with Crippen LogP contribution in [0, 0.1) is 0 Å². The minimum atomic E-state index is 0.530. The molecule has 4 heteroatoms. The first kappa shape index (κ1) is 9.15. The number of nitrogens with two attached hydrogens (primary N) is 1. The van der Waals surface area contributed by atoms with Crippen molar-refractivity contribution in [2.24, 2.45) is 5.73 Å². The minimum Gasteiger partial charge on any atom is -0.326 e. The first-order valence-electron chi connectivity index (χ1n) is 4.85. The number of aryl methyl sites for hydroxylation is 1. The lowest BCUT2D eigenvalue weighted by molar-refractivity contribution is 0.617. The van der Waals surface area contributed by atoms with Crippen LogP contribution in [-0.2, 0) is 13.1 Å². The van der Waals surface area contributed by atoms with Crippen LogP contribution < -0.4 is 5.73 Å². The molecule has 0 atom stereocenters. The molecular weight excluding hydrogens is 176 g/mol.